The van der Waals surface area contributed by atoms with Crippen molar-refractivity contribution in [3.63, 3.8) is 0 Å². The third-order valence-corrected chi connectivity index (χ3v) is 11.3. The van der Waals surface area contributed by atoms with Crippen molar-refractivity contribution in [1.82, 2.24) is 14.8 Å². The highest BCUT2D eigenvalue weighted by atomic mass is 16.6. The Labute approximate surface area is 292 Å². The van der Waals surface area contributed by atoms with Gasteiger partial charge >= 0.3 is 12.2 Å². The van der Waals surface area contributed by atoms with E-state index in [1.807, 2.05) is 34.1 Å². The largest absolute Gasteiger partial charge is 0.417 e. The van der Waals surface area contributed by atoms with E-state index in [0.29, 0.717) is 5.75 Å². The zero-order valence-corrected chi connectivity index (χ0v) is 27.9. The number of carbonyl (C=O) groups excluding carboxylic acids is 2. The van der Waals surface area contributed by atoms with Gasteiger partial charge in [0.1, 0.15) is 5.75 Å². The first-order valence-corrected chi connectivity index (χ1v) is 17.9. The summed E-state index contributed by atoms with van der Waals surface area (Å²) >= 11 is 0. The monoisotopic (exact) mass is 661 g/mol. The minimum atomic E-state index is -0.448. The number of pyridine rings is 1. The van der Waals surface area contributed by atoms with Crippen LogP contribution in [0.2, 0.25) is 0 Å². The fourth-order valence-electron chi connectivity index (χ4n) is 9.04. The maximum absolute atomic E-state index is 14.3. The molecular weight excluding hydrogens is 622 g/mol. The summed E-state index contributed by atoms with van der Waals surface area (Å²) in [4.78, 5) is 36.8. The lowest BCUT2D eigenvalue weighted by Crippen LogP contribution is -2.39. The quantitative estimate of drug-likeness (QED) is 0.181. The topological polar surface area (TPSA) is 72.0 Å². The average molecular weight is 662 g/mol. The first-order valence-electron chi connectivity index (χ1n) is 17.9. The van der Waals surface area contributed by atoms with Crippen LogP contribution >= 0.6 is 0 Å². The van der Waals surface area contributed by atoms with Crippen molar-refractivity contribution >= 4 is 12.2 Å². The third-order valence-electron chi connectivity index (χ3n) is 11.3. The van der Waals surface area contributed by atoms with Gasteiger partial charge in [0.05, 0.1) is 24.2 Å². The maximum atomic E-state index is 14.3. The van der Waals surface area contributed by atoms with E-state index in [1.54, 1.807) is 12.1 Å². The van der Waals surface area contributed by atoms with E-state index in [1.165, 1.54) is 50.7 Å². The van der Waals surface area contributed by atoms with Crippen LogP contribution in [0.1, 0.15) is 94.4 Å². The Hall–Kier alpha value is -5.43. The smallest absolute Gasteiger partial charge is 0.410 e. The van der Waals surface area contributed by atoms with Crippen molar-refractivity contribution in [2.24, 2.45) is 0 Å². The molecule has 7 heteroatoms. The summed E-state index contributed by atoms with van der Waals surface area (Å²) in [5.41, 5.74) is 9.80. The molecule has 9 rings (SSSR count). The number of rotatable bonds is 6. The van der Waals surface area contributed by atoms with Crippen LogP contribution in [0, 0.1) is 0 Å². The highest BCUT2D eigenvalue weighted by Gasteiger charge is 2.42. The van der Waals surface area contributed by atoms with Gasteiger partial charge in [-0.3, -0.25) is 9.80 Å². The molecule has 2 amide bonds. The van der Waals surface area contributed by atoms with Gasteiger partial charge in [0.2, 0.25) is 5.88 Å². The van der Waals surface area contributed by atoms with Crippen LogP contribution in [0.15, 0.2) is 115 Å². The summed E-state index contributed by atoms with van der Waals surface area (Å²) in [5, 5.41) is 0. The number of nitrogens with zero attached hydrogens (tertiary/aromatic N) is 3. The molecule has 1 aromatic heterocycles. The Morgan fingerprint density at radius 3 is 1.26 bits per heavy atom. The molecule has 0 fully saturated rings. The number of hydrogen-bond acceptors (Lipinski definition) is 5. The normalized spacial score (nSPS) is 21.1. The number of amides is 2. The Morgan fingerprint density at radius 1 is 0.500 bits per heavy atom. The Balaban J connectivity index is 0.993. The molecule has 4 aliphatic carbocycles. The first kappa shape index (κ1) is 30.6. The lowest BCUT2D eigenvalue weighted by atomic mass is 10.0. The zero-order chi connectivity index (χ0) is 33.6. The predicted octanol–water partition coefficient (Wildman–Crippen LogP) is 9.43. The van der Waals surface area contributed by atoms with Crippen LogP contribution in [-0.4, -0.2) is 27.0 Å². The molecule has 4 unspecified atom stereocenters. The molecule has 1 heterocycles. The number of fused-ring (bicyclic) bond motifs is 4. The minimum absolute atomic E-state index is 0.0915. The number of hydrogen-bond donors (Lipinski definition) is 0. The maximum Gasteiger partial charge on any atom is 0.417 e. The van der Waals surface area contributed by atoms with Crippen LogP contribution in [0.3, 0.4) is 0 Å². The van der Waals surface area contributed by atoms with Gasteiger partial charge < -0.3 is 9.47 Å². The molecule has 0 bridgehead atoms. The lowest BCUT2D eigenvalue weighted by molar-refractivity contribution is 0.101. The summed E-state index contributed by atoms with van der Waals surface area (Å²) in [6.45, 7) is 0. The van der Waals surface area contributed by atoms with Crippen molar-refractivity contribution in [3.8, 4) is 11.6 Å². The van der Waals surface area contributed by atoms with E-state index in [9.17, 15) is 9.59 Å². The lowest BCUT2D eigenvalue weighted by Gasteiger charge is -2.35. The molecule has 7 nitrogen and oxygen atoms in total. The molecule has 4 aliphatic rings. The number of benzene rings is 4. The van der Waals surface area contributed by atoms with Crippen molar-refractivity contribution < 1.29 is 19.1 Å². The van der Waals surface area contributed by atoms with Gasteiger partial charge in [-0.25, -0.2) is 14.6 Å². The molecule has 0 saturated carbocycles. The van der Waals surface area contributed by atoms with Crippen molar-refractivity contribution in [2.45, 2.75) is 75.5 Å². The second-order valence-corrected chi connectivity index (χ2v) is 13.9. The second-order valence-electron chi connectivity index (χ2n) is 13.9. The highest BCUT2D eigenvalue weighted by molar-refractivity contribution is 5.74. The number of carbonyl (C=O) groups is 2. The van der Waals surface area contributed by atoms with Gasteiger partial charge in [0.15, 0.2) is 0 Å². The van der Waals surface area contributed by atoms with E-state index in [4.69, 9.17) is 9.47 Å². The Morgan fingerprint density at radius 2 is 0.860 bits per heavy atom. The fraction of sp³-hybridized carbons (Fsp3) is 0.279. The highest BCUT2D eigenvalue weighted by Crippen LogP contribution is 2.47. The molecule has 0 N–H and O–H groups in total. The molecular formula is C43H39N3O4. The van der Waals surface area contributed by atoms with Gasteiger partial charge in [-0.1, -0.05) is 97.1 Å². The first-order chi connectivity index (χ1) is 24.6. The molecule has 0 spiro atoms. The van der Waals surface area contributed by atoms with Crippen LogP contribution in [0.5, 0.6) is 11.6 Å². The van der Waals surface area contributed by atoms with Crippen LogP contribution in [-0.2, 0) is 25.7 Å². The average Bonchev–Trinajstić information content (AvgIpc) is 3.95. The van der Waals surface area contributed by atoms with Crippen LogP contribution < -0.4 is 9.47 Å². The molecule has 250 valence electrons. The molecule has 0 aliphatic heterocycles. The molecule has 0 saturated heterocycles. The van der Waals surface area contributed by atoms with Crippen LogP contribution in [0.4, 0.5) is 9.59 Å². The van der Waals surface area contributed by atoms with E-state index < -0.39 is 12.2 Å². The summed E-state index contributed by atoms with van der Waals surface area (Å²) in [7, 11) is 0. The van der Waals surface area contributed by atoms with E-state index >= 15 is 0 Å². The van der Waals surface area contributed by atoms with Crippen molar-refractivity contribution in [1.29, 1.82) is 0 Å². The Bertz CT molecular complexity index is 1840. The van der Waals surface area contributed by atoms with Gasteiger partial charge in [-0.2, -0.15) is 0 Å². The molecule has 4 aromatic carbocycles. The predicted molar refractivity (Wildman–Crippen MR) is 190 cm³/mol. The zero-order valence-electron chi connectivity index (χ0n) is 27.9. The Kier molecular flexibility index (Phi) is 7.83. The number of ether oxygens (including phenoxy) is 2. The van der Waals surface area contributed by atoms with E-state index in [-0.39, 0.29) is 30.0 Å². The summed E-state index contributed by atoms with van der Waals surface area (Å²) < 4.78 is 12.2. The van der Waals surface area contributed by atoms with Crippen molar-refractivity contribution in [2.75, 3.05) is 0 Å². The summed E-state index contributed by atoms with van der Waals surface area (Å²) in [6.07, 6.45) is 7.69. The SMILES string of the molecule is O=C(Oc1ccnc(OC(=O)N(C2CCc3ccccc32)C2CCc3ccccc32)c1)N(C1CCc2ccccc21)C1CCc2ccccc21. The van der Waals surface area contributed by atoms with E-state index in [2.05, 4.69) is 77.8 Å². The standard InChI is InChI=1S/C43H39N3O4/c47-42(45(37-21-17-28-9-1-5-13-33(28)37)38-22-18-29-10-2-6-14-34(29)38)49-32-25-26-44-41(27-32)50-43(48)46(39-23-19-30-11-3-7-15-35(30)39)40-24-20-31-12-4-8-16-36(31)40/h1-16,25-27,37-40H,17-24H2. The van der Waals surface area contributed by atoms with Crippen LogP contribution in [0.25, 0.3) is 0 Å². The molecule has 50 heavy (non-hydrogen) atoms. The second kappa shape index (κ2) is 12.8. The van der Waals surface area contributed by atoms with Gasteiger partial charge in [0.25, 0.3) is 0 Å². The van der Waals surface area contributed by atoms with E-state index in [0.717, 1.165) is 51.4 Å². The summed E-state index contributed by atoms with van der Waals surface area (Å²) in [6, 6.07) is 36.4. The fourth-order valence-corrected chi connectivity index (χ4v) is 9.04. The third kappa shape index (κ3) is 5.41. The summed E-state index contributed by atoms with van der Waals surface area (Å²) in [5.74, 6) is 0.395. The molecule has 5 aromatic rings. The number of aromatic nitrogens is 1. The van der Waals surface area contributed by atoms with Crippen molar-refractivity contribution in [3.05, 3.63) is 160 Å². The van der Waals surface area contributed by atoms with Gasteiger partial charge in [-0.15, -0.1) is 0 Å². The molecule has 0 radical (unpaired) electrons. The number of aryl methyl sites for hydroxylation is 4. The molecule has 4 atom stereocenters. The van der Waals surface area contributed by atoms with Gasteiger partial charge in [-0.05, 0) is 102 Å². The minimum Gasteiger partial charge on any atom is -0.410 e. The van der Waals surface area contributed by atoms with Gasteiger partial charge in [0, 0.05) is 12.3 Å².